The monoisotopic (exact) mass is 322 g/mol. The van der Waals surface area contributed by atoms with Crippen LogP contribution in [0.3, 0.4) is 0 Å². The molecule has 5 heteroatoms. The van der Waals surface area contributed by atoms with Gasteiger partial charge in [-0.25, -0.2) is 13.4 Å². The first-order valence-electron chi connectivity index (χ1n) is 7.28. The molecule has 1 aromatic heterocycles. The maximum Gasteiger partial charge on any atom is 0.226 e. The second kappa shape index (κ2) is 5.21. The first-order valence-corrected chi connectivity index (χ1v) is 8.93. The van der Waals surface area contributed by atoms with Crippen LogP contribution in [0.2, 0.25) is 0 Å². The average molecular weight is 322 g/mol. The minimum atomic E-state index is -3.53. The van der Waals surface area contributed by atoms with Gasteiger partial charge in [-0.15, -0.1) is 0 Å². The van der Waals surface area contributed by atoms with Crippen LogP contribution in [0.15, 0.2) is 71.9 Å². The van der Waals surface area contributed by atoms with Crippen molar-refractivity contribution in [3.63, 3.8) is 0 Å². The smallest absolute Gasteiger partial charge is 0.226 e. The molecule has 0 bridgehead atoms. The Kier molecular flexibility index (Phi) is 3.16. The summed E-state index contributed by atoms with van der Waals surface area (Å²) in [6.45, 7) is 0. The minimum absolute atomic E-state index is 0.0200. The van der Waals surface area contributed by atoms with Crippen molar-refractivity contribution in [2.75, 3.05) is 0 Å². The molecule has 3 aromatic carbocycles. The average Bonchev–Trinajstić information content (AvgIpc) is 3.00. The Morgan fingerprint density at radius 3 is 2.48 bits per heavy atom. The number of fused-ring (bicyclic) bond motifs is 2. The van der Waals surface area contributed by atoms with Crippen molar-refractivity contribution >= 4 is 31.6 Å². The van der Waals surface area contributed by atoms with Gasteiger partial charge < -0.3 is 4.98 Å². The van der Waals surface area contributed by atoms with E-state index in [-0.39, 0.29) is 10.9 Å². The lowest BCUT2D eigenvalue weighted by molar-refractivity contribution is 0.588. The Hall–Kier alpha value is -2.66. The lowest BCUT2D eigenvalue weighted by Gasteiger charge is -2.06. The molecular weight excluding hydrogens is 308 g/mol. The third kappa shape index (κ3) is 2.49. The quantitative estimate of drug-likeness (QED) is 0.625. The summed E-state index contributed by atoms with van der Waals surface area (Å²) in [4.78, 5) is 7.12. The van der Waals surface area contributed by atoms with E-state index in [1.807, 2.05) is 60.7 Å². The summed E-state index contributed by atoms with van der Waals surface area (Å²) in [6, 6.07) is 20.8. The van der Waals surface area contributed by atoms with Crippen LogP contribution in [-0.2, 0) is 15.6 Å². The minimum Gasteiger partial charge on any atom is -0.329 e. The SMILES string of the molecule is O=S(=O)(Cc1cccc2ccccc12)c1nc2ccccc2[nH]1. The summed E-state index contributed by atoms with van der Waals surface area (Å²) < 4.78 is 25.4. The maximum absolute atomic E-state index is 12.7. The van der Waals surface area contributed by atoms with Gasteiger partial charge in [0.1, 0.15) is 0 Å². The van der Waals surface area contributed by atoms with Gasteiger partial charge in [0.15, 0.2) is 0 Å². The summed E-state index contributed by atoms with van der Waals surface area (Å²) in [7, 11) is -3.53. The van der Waals surface area contributed by atoms with Crippen LogP contribution in [0.4, 0.5) is 0 Å². The molecule has 0 spiro atoms. The number of H-pyrrole nitrogens is 1. The van der Waals surface area contributed by atoms with Crippen LogP contribution in [0.5, 0.6) is 0 Å². The van der Waals surface area contributed by atoms with Crippen LogP contribution in [0.25, 0.3) is 21.8 Å². The molecule has 114 valence electrons. The Morgan fingerprint density at radius 2 is 1.61 bits per heavy atom. The van der Waals surface area contributed by atoms with Gasteiger partial charge in [0.2, 0.25) is 15.0 Å². The molecule has 0 aliphatic heterocycles. The normalized spacial score (nSPS) is 12.0. The zero-order chi connectivity index (χ0) is 15.9. The van der Waals surface area contributed by atoms with Crippen LogP contribution < -0.4 is 0 Å². The van der Waals surface area contributed by atoms with Gasteiger partial charge in [-0.05, 0) is 28.5 Å². The van der Waals surface area contributed by atoms with E-state index in [9.17, 15) is 8.42 Å². The van der Waals surface area contributed by atoms with E-state index < -0.39 is 9.84 Å². The standard InChI is InChI=1S/C18H14N2O2S/c21-23(22,18-19-16-10-3-4-11-17(16)20-18)12-14-8-5-7-13-6-1-2-9-15(13)14/h1-11H,12H2,(H,19,20). The molecule has 0 atom stereocenters. The van der Waals surface area contributed by atoms with Crippen molar-refractivity contribution in [2.24, 2.45) is 0 Å². The Morgan fingerprint density at radius 1 is 0.870 bits per heavy atom. The van der Waals surface area contributed by atoms with Crippen LogP contribution in [0.1, 0.15) is 5.56 Å². The van der Waals surface area contributed by atoms with Gasteiger partial charge in [-0.1, -0.05) is 54.6 Å². The molecule has 0 amide bonds. The highest BCUT2D eigenvalue weighted by molar-refractivity contribution is 7.90. The second-order valence-corrected chi connectivity index (χ2v) is 7.36. The summed E-state index contributed by atoms with van der Waals surface area (Å²) in [5.74, 6) is -0.0752. The fraction of sp³-hybridized carbons (Fsp3) is 0.0556. The van der Waals surface area contributed by atoms with E-state index in [0.717, 1.165) is 21.9 Å². The van der Waals surface area contributed by atoms with Gasteiger partial charge >= 0.3 is 0 Å². The molecule has 4 rings (SSSR count). The number of hydrogen-bond acceptors (Lipinski definition) is 3. The number of imidazole rings is 1. The summed E-state index contributed by atoms with van der Waals surface area (Å²) in [5.41, 5.74) is 2.16. The molecule has 0 fully saturated rings. The molecule has 0 unspecified atom stereocenters. The Balaban J connectivity index is 1.79. The first kappa shape index (κ1) is 14.0. The number of aromatic nitrogens is 2. The number of sulfone groups is 1. The number of para-hydroxylation sites is 2. The number of rotatable bonds is 3. The molecule has 0 radical (unpaired) electrons. The van der Waals surface area contributed by atoms with Gasteiger partial charge in [0.05, 0.1) is 16.8 Å². The fourth-order valence-corrected chi connectivity index (χ4v) is 4.07. The summed E-state index contributed by atoms with van der Waals surface area (Å²) in [5, 5.41) is 2.01. The molecule has 4 aromatic rings. The van der Waals surface area contributed by atoms with E-state index in [4.69, 9.17) is 0 Å². The van der Waals surface area contributed by atoms with Gasteiger partial charge in [0, 0.05) is 0 Å². The third-order valence-electron chi connectivity index (χ3n) is 3.89. The van der Waals surface area contributed by atoms with Crippen molar-refractivity contribution in [3.8, 4) is 0 Å². The molecule has 1 N–H and O–H groups in total. The molecule has 0 saturated heterocycles. The largest absolute Gasteiger partial charge is 0.329 e. The third-order valence-corrected chi connectivity index (χ3v) is 5.36. The number of benzene rings is 3. The fourth-order valence-electron chi connectivity index (χ4n) is 2.77. The van der Waals surface area contributed by atoms with Crippen LogP contribution in [0, 0.1) is 0 Å². The number of hydrogen-bond donors (Lipinski definition) is 1. The number of nitrogens with zero attached hydrogens (tertiary/aromatic N) is 1. The van der Waals surface area contributed by atoms with E-state index in [2.05, 4.69) is 9.97 Å². The van der Waals surface area contributed by atoms with E-state index in [0.29, 0.717) is 5.52 Å². The zero-order valence-electron chi connectivity index (χ0n) is 12.2. The first-order chi connectivity index (χ1) is 11.1. The number of aromatic amines is 1. The van der Waals surface area contributed by atoms with Crippen molar-refractivity contribution in [2.45, 2.75) is 10.9 Å². The molecule has 23 heavy (non-hydrogen) atoms. The Labute approximate surface area is 133 Å². The summed E-state index contributed by atoms with van der Waals surface area (Å²) in [6.07, 6.45) is 0. The van der Waals surface area contributed by atoms with Crippen molar-refractivity contribution in [1.82, 2.24) is 9.97 Å². The highest BCUT2D eigenvalue weighted by atomic mass is 32.2. The highest BCUT2D eigenvalue weighted by Crippen LogP contribution is 2.23. The van der Waals surface area contributed by atoms with Crippen molar-refractivity contribution in [3.05, 3.63) is 72.3 Å². The molecule has 1 heterocycles. The van der Waals surface area contributed by atoms with Gasteiger partial charge in [0.25, 0.3) is 0 Å². The van der Waals surface area contributed by atoms with E-state index in [1.165, 1.54) is 0 Å². The van der Waals surface area contributed by atoms with Crippen LogP contribution in [-0.4, -0.2) is 18.4 Å². The van der Waals surface area contributed by atoms with E-state index in [1.54, 1.807) is 6.07 Å². The lowest BCUT2D eigenvalue weighted by atomic mass is 10.1. The summed E-state index contributed by atoms with van der Waals surface area (Å²) >= 11 is 0. The van der Waals surface area contributed by atoms with Crippen molar-refractivity contribution in [1.29, 1.82) is 0 Å². The molecular formula is C18H14N2O2S. The van der Waals surface area contributed by atoms with E-state index >= 15 is 0 Å². The molecule has 0 saturated carbocycles. The second-order valence-electron chi connectivity index (χ2n) is 5.46. The molecule has 0 aliphatic rings. The topological polar surface area (TPSA) is 62.8 Å². The predicted molar refractivity (Wildman–Crippen MR) is 90.9 cm³/mol. The van der Waals surface area contributed by atoms with Gasteiger partial charge in [-0.3, -0.25) is 0 Å². The Bertz CT molecular complexity index is 1080. The number of nitrogens with one attached hydrogen (secondary N) is 1. The molecule has 0 aliphatic carbocycles. The maximum atomic E-state index is 12.7. The van der Waals surface area contributed by atoms with Gasteiger partial charge in [-0.2, -0.15) is 0 Å². The lowest BCUT2D eigenvalue weighted by Crippen LogP contribution is -2.07. The van der Waals surface area contributed by atoms with Crippen LogP contribution >= 0.6 is 0 Å². The molecule has 4 nitrogen and oxygen atoms in total. The zero-order valence-corrected chi connectivity index (χ0v) is 13.0. The highest BCUT2D eigenvalue weighted by Gasteiger charge is 2.20. The van der Waals surface area contributed by atoms with Crippen molar-refractivity contribution < 1.29 is 8.42 Å². The predicted octanol–water partition coefficient (Wildman–Crippen LogP) is 3.69.